The molecule has 108 valence electrons. The molecule has 0 N–H and O–H groups in total. The third-order valence-electron chi connectivity index (χ3n) is 2.64. The molecule has 0 aromatic carbocycles. The van der Waals surface area contributed by atoms with Crippen molar-refractivity contribution in [3.8, 4) is 0 Å². The van der Waals surface area contributed by atoms with Crippen molar-refractivity contribution >= 4 is 14.8 Å². The fourth-order valence-corrected chi connectivity index (χ4v) is 4.01. The van der Waals surface area contributed by atoms with Gasteiger partial charge in [0.1, 0.15) is 0 Å². The first-order valence-electron chi connectivity index (χ1n) is 7.02. The fourth-order valence-electron chi connectivity index (χ4n) is 1.68. The first-order chi connectivity index (χ1) is 8.52. The van der Waals surface area contributed by atoms with Gasteiger partial charge in [0.05, 0.1) is 0 Å². The Morgan fingerprint density at radius 1 is 1.06 bits per heavy atom. The lowest BCUT2D eigenvalue weighted by atomic mass is 10.2. The van der Waals surface area contributed by atoms with Gasteiger partial charge in [0.2, 0.25) is 0 Å². The Kier molecular flexibility index (Phi) is 9.32. The molecule has 0 aliphatic heterocycles. The van der Waals surface area contributed by atoms with Crippen LogP contribution in [-0.4, -0.2) is 28.0 Å². The maximum atomic E-state index is 11.8. The average Bonchev–Trinajstić information content (AvgIpc) is 2.29. The van der Waals surface area contributed by atoms with Gasteiger partial charge in [0.15, 0.2) is 0 Å². The Balaban J connectivity index is 4.50. The molecule has 0 rings (SSSR count). The second-order valence-corrected chi connectivity index (χ2v) is 7.70. The fraction of sp³-hybridized carbons (Fsp3) is 0.923. The summed E-state index contributed by atoms with van der Waals surface area (Å²) in [6.07, 6.45) is 3.47. The van der Waals surface area contributed by atoms with Gasteiger partial charge in [-0.15, -0.1) is 0 Å². The Bertz CT molecular complexity index is 225. The van der Waals surface area contributed by atoms with Gasteiger partial charge in [0, 0.05) is 25.2 Å². The standard InChI is InChI=1S/C13H28O4Si/c1-6-9-10-11-13(14)17-18(12(4)5,15-7-2)16-8-3/h12H,6-11H2,1-5H3. The highest BCUT2D eigenvalue weighted by Crippen LogP contribution is 2.25. The number of carbonyl (C=O) groups excluding carboxylic acids is 1. The van der Waals surface area contributed by atoms with E-state index in [-0.39, 0.29) is 11.5 Å². The number of hydrogen-bond donors (Lipinski definition) is 0. The van der Waals surface area contributed by atoms with Crippen molar-refractivity contribution in [2.24, 2.45) is 0 Å². The van der Waals surface area contributed by atoms with E-state index in [2.05, 4.69) is 6.92 Å². The van der Waals surface area contributed by atoms with Gasteiger partial charge in [-0.1, -0.05) is 33.6 Å². The highest BCUT2D eigenvalue weighted by atomic mass is 28.4. The van der Waals surface area contributed by atoms with Gasteiger partial charge < -0.3 is 13.3 Å². The van der Waals surface area contributed by atoms with E-state index in [1.54, 1.807) is 0 Å². The summed E-state index contributed by atoms with van der Waals surface area (Å²) >= 11 is 0. The van der Waals surface area contributed by atoms with Crippen molar-refractivity contribution in [1.82, 2.24) is 0 Å². The Hall–Kier alpha value is -0.393. The summed E-state index contributed by atoms with van der Waals surface area (Å²) in [6, 6.07) is 0. The molecule has 0 fully saturated rings. The number of hydrogen-bond acceptors (Lipinski definition) is 4. The molecule has 0 aromatic rings. The largest absolute Gasteiger partial charge is 0.570 e. The molecule has 0 bridgehead atoms. The van der Waals surface area contributed by atoms with Gasteiger partial charge in [-0.25, -0.2) is 0 Å². The number of carbonyl (C=O) groups is 1. The average molecular weight is 276 g/mol. The molecule has 18 heavy (non-hydrogen) atoms. The zero-order valence-corrected chi connectivity index (χ0v) is 13.5. The summed E-state index contributed by atoms with van der Waals surface area (Å²) in [4.78, 5) is 11.8. The predicted octanol–water partition coefficient (Wildman–Crippen LogP) is 3.53. The molecule has 0 unspecified atom stereocenters. The monoisotopic (exact) mass is 276 g/mol. The predicted molar refractivity (Wildman–Crippen MR) is 74.3 cm³/mol. The van der Waals surface area contributed by atoms with Gasteiger partial charge in [0.25, 0.3) is 5.97 Å². The zero-order chi connectivity index (χ0) is 14.0. The molecule has 0 atom stereocenters. The van der Waals surface area contributed by atoms with E-state index in [4.69, 9.17) is 13.3 Å². The van der Waals surface area contributed by atoms with Crippen LogP contribution >= 0.6 is 0 Å². The molecular weight excluding hydrogens is 248 g/mol. The maximum Gasteiger partial charge on any atom is 0.570 e. The van der Waals surface area contributed by atoms with Gasteiger partial charge >= 0.3 is 8.80 Å². The summed E-state index contributed by atoms with van der Waals surface area (Å²) in [5.74, 6) is -0.189. The molecule has 0 heterocycles. The summed E-state index contributed by atoms with van der Waals surface area (Å²) in [5, 5.41) is 0. The van der Waals surface area contributed by atoms with Crippen LogP contribution in [0.1, 0.15) is 60.3 Å². The molecule has 0 aromatic heterocycles. The van der Waals surface area contributed by atoms with Crippen LogP contribution in [0.4, 0.5) is 0 Å². The molecule has 0 radical (unpaired) electrons. The first-order valence-corrected chi connectivity index (χ1v) is 8.82. The van der Waals surface area contributed by atoms with E-state index in [1.807, 2.05) is 27.7 Å². The lowest BCUT2D eigenvalue weighted by Gasteiger charge is -2.31. The normalized spacial score (nSPS) is 11.9. The van der Waals surface area contributed by atoms with E-state index in [0.717, 1.165) is 19.3 Å². The minimum absolute atomic E-state index is 0.0903. The zero-order valence-electron chi connectivity index (χ0n) is 12.5. The van der Waals surface area contributed by atoms with Gasteiger partial charge in [-0.2, -0.15) is 0 Å². The maximum absolute atomic E-state index is 11.8. The van der Waals surface area contributed by atoms with Gasteiger partial charge in [-0.05, 0) is 20.3 Å². The van der Waals surface area contributed by atoms with Crippen LogP contribution in [0, 0.1) is 0 Å². The van der Waals surface area contributed by atoms with Crippen LogP contribution in [0.3, 0.4) is 0 Å². The van der Waals surface area contributed by atoms with Gasteiger partial charge in [-0.3, -0.25) is 4.79 Å². The van der Waals surface area contributed by atoms with Crippen LogP contribution in [-0.2, 0) is 18.1 Å². The van der Waals surface area contributed by atoms with Crippen LogP contribution in [0.2, 0.25) is 5.54 Å². The molecule has 0 amide bonds. The molecule has 0 aliphatic carbocycles. The quantitative estimate of drug-likeness (QED) is 0.452. The highest BCUT2D eigenvalue weighted by Gasteiger charge is 2.48. The lowest BCUT2D eigenvalue weighted by Crippen LogP contribution is -2.50. The lowest BCUT2D eigenvalue weighted by molar-refractivity contribution is -0.139. The summed E-state index contributed by atoms with van der Waals surface area (Å²) in [7, 11) is -2.85. The van der Waals surface area contributed by atoms with Crippen LogP contribution < -0.4 is 0 Å². The minimum atomic E-state index is -2.85. The van der Waals surface area contributed by atoms with Crippen molar-refractivity contribution in [3.63, 3.8) is 0 Å². The molecule has 0 aliphatic rings. The van der Waals surface area contributed by atoms with Crippen LogP contribution in [0.25, 0.3) is 0 Å². The molecule has 0 spiro atoms. The summed E-state index contributed by atoms with van der Waals surface area (Å²) in [5.41, 5.74) is 0.0903. The second kappa shape index (κ2) is 9.53. The minimum Gasteiger partial charge on any atom is -0.473 e. The summed E-state index contributed by atoms with van der Waals surface area (Å²) in [6.45, 7) is 10.9. The van der Waals surface area contributed by atoms with Crippen molar-refractivity contribution < 1.29 is 18.1 Å². The Labute approximate surface area is 112 Å². The van der Waals surface area contributed by atoms with E-state index in [0.29, 0.717) is 19.6 Å². The first kappa shape index (κ1) is 17.6. The van der Waals surface area contributed by atoms with Crippen LogP contribution in [0.5, 0.6) is 0 Å². The highest BCUT2D eigenvalue weighted by molar-refractivity contribution is 6.63. The molecule has 4 nitrogen and oxygen atoms in total. The Morgan fingerprint density at radius 3 is 2.00 bits per heavy atom. The molecule has 0 saturated carbocycles. The SMILES string of the molecule is CCCCCC(=O)O[Si](OCC)(OCC)C(C)C. The van der Waals surface area contributed by atoms with Crippen molar-refractivity contribution in [2.45, 2.75) is 65.8 Å². The van der Waals surface area contributed by atoms with E-state index >= 15 is 0 Å². The van der Waals surface area contributed by atoms with E-state index < -0.39 is 8.80 Å². The molecule has 5 heteroatoms. The smallest absolute Gasteiger partial charge is 0.473 e. The van der Waals surface area contributed by atoms with E-state index in [1.165, 1.54) is 0 Å². The second-order valence-electron chi connectivity index (χ2n) is 4.56. The summed E-state index contributed by atoms with van der Waals surface area (Å²) < 4.78 is 16.9. The van der Waals surface area contributed by atoms with E-state index in [9.17, 15) is 4.79 Å². The third kappa shape index (κ3) is 5.98. The molecule has 0 saturated heterocycles. The van der Waals surface area contributed by atoms with Crippen molar-refractivity contribution in [1.29, 1.82) is 0 Å². The molecular formula is C13H28O4Si. The Morgan fingerprint density at radius 2 is 1.61 bits per heavy atom. The topological polar surface area (TPSA) is 44.8 Å². The van der Waals surface area contributed by atoms with Crippen LogP contribution in [0.15, 0.2) is 0 Å². The third-order valence-corrected chi connectivity index (χ3v) is 5.95. The number of rotatable bonds is 10. The van der Waals surface area contributed by atoms with Crippen molar-refractivity contribution in [2.75, 3.05) is 13.2 Å². The number of unbranched alkanes of at least 4 members (excludes halogenated alkanes) is 2. The van der Waals surface area contributed by atoms with Crippen molar-refractivity contribution in [3.05, 3.63) is 0 Å².